The average Bonchev–Trinajstić information content (AvgIpc) is 2.15. The van der Waals surface area contributed by atoms with E-state index in [0.717, 1.165) is 4.47 Å². The highest BCUT2D eigenvalue weighted by molar-refractivity contribution is 9.10. The van der Waals surface area contributed by atoms with Crippen molar-refractivity contribution in [2.45, 2.75) is 0 Å². The summed E-state index contributed by atoms with van der Waals surface area (Å²) in [6.07, 6.45) is 0. The van der Waals surface area contributed by atoms with E-state index in [-0.39, 0.29) is 0 Å². The Morgan fingerprint density at radius 1 is 1.57 bits per heavy atom. The second kappa shape index (κ2) is 4.68. The second-order valence-corrected chi connectivity index (χ2v) is 3.32. The van der Waals surface area contributed by atoms with E-state index in [0.29, 0.717) is 11.3 Å². The van der Waals surface area contributed by atoms with Gasteiger partial charge in [-0.05, 0) is 18.2 Å². The molecule has 0 atom stereocenters. The molecule has 1 aromatic carbocycles. The van der Waals surface area contributed by atoms with Gasteiger partial charge in [-0.3, -0.25) is 0 Å². The Hall–Kier alpha value is -1.47. The van der Waals surface area contributed by atoms with Crippen molar-refractivity contribution in [2.75, 3.05) is 7.11 Å². The van der Waals surface area contributed by atoms with Gasteiger partial charge in [0.25, 0.3) is 0 Å². The number of carbonyl (C=O) groups is 1. The largest absolute Gasteiger partial charge is 0.495 e. The lowest BCUT2D eigenvalue weighted by molar-refractivity contribution is -0.130. The number of aliphatic carboxylic acids is 1. The SMILES string of the molecule is COc1cc(Br)ccc1C#CC(=O)O. The third-order valence-corrected chi connectivity index (χ3v) is 1.96. The van der Waals surface area contributed by atoms with E-state index in [1.807, 2.05) is 5.92 Å². The van der Waals surface area contributed by atoms with Crippen LogP contribution in [-0.4, -0.2) is 18.2 Å². The van der Waals surface area contributed by atoms with Gasteiger partial charge < -0.3 is 9.84 Å². The maximum atomic E-state index is 10.2. The summed E-state index contributed by atoms with van der Waals surface area (Å²) in [7, 11) is 1.51. The molecule has 0 bridgehead atoms. The topological polar surface area (TPSA) is 46.5 Å². The van der Waals surface area contributed by atoms with Crippen molar-refractivity contribution in [3.8, 4) is 17.6 Å². The zero-order valence-corrected chi connectivity index (χ0v) is 8.96. The molecule has 1 aromatic rings. The second-order valence-electron chi connectivity index (χ2n) is 2.40. The lowest BCUT2D eigenvalue weighted by Crippen LogP contribution is -1.90. The van der Waals surface area contributed by atoms with Crippen LogP contribution in [0, 0.1) is 11.8 Å². The first-order valence-electron chi connectivity index (χ1n) is 3.72. The summed E-state index contributed by atoms with van der Waals surface area (Å²) in [5, 5.41) is 8.37. The summed E-state index contributed by atoms with van der Waals surface area (Å²) in [6.45, 7) is 0. The van der Waals surface area contributed by atoms with Gasteiger partial charge in [-0.2, -0.15) is 0 Å². The molecule has 0 saturated carbocycles. The third-order valence-electron chi connectivity index (χ3n) is 1.47. The molecular formula is C10H7BrO3. The van der Waals surface area contributed by atoms with Crippen molar-refractivity contribution < 1.29 is 14.6 Å². The monoisotopic (exact) mass is 254 g/mol. The van der Waals surface area contributed by atoms with Crippen molar-refractivity contribution in [1.82, 2.24) is 0 Å². The molecular weight excluding hydrogens is 248 g/mol. The Bertz CT molecular complexity index is 415. The van der Waals surface area contributed by atoms with Crippen LogP contribution in [0.15, 0.2) is 22.7 Å². The Labute approximate surface area is 89.8 Å². The molecule has 0 spiro atoms. The van der Waals surface area contributed by atoms with Gasteiger partial charge in [0, 0.05) is 10.4 Å². The number of methoxy groups -OCH3 is 1. The molecule has 0 amide bonds. The molecule has 0 aliphatic rings. The highest BCUT2D eigenvalue weighted by atomic mass is 79.9. The van der Waals surface area contributed by atoms with E-state index < -0.39 is 5.97 Å². The number of carboxylic acids is 1. The lowest BCUT2D eigenvalue weighted by atomic mass is 10.2. The Morgan fingerprint density at radius 2 is 2.29 bits per heavy atom. The average molecular weight is 255 g/mol. The van der Waals surface area contributed by atoms with Gasteiger partial charge in [-0.25, -0.2) is 4.79 Å². The minimum Gasteiger partial charge on any atom is -0.495 e. The number of carboxylic acid groups (broad SMARTS) is 1. The minimum atomic E-state index is -1.16. The van der Waals surface area contributed by atoms with Gasteiger partial charge in [0.15, 0.2) is 0 Å². The predicted molar refractivity (Wildman–Crippen MR) is 55.2 cm³/mol. The minimum absolute atomic E-state index is 0.549. The van der Waals surface area contributed by atoms with Crippen molar-refractivity contribution in [3.63, 3.8) is 0 Å². The lowest BCUT2D eigenvalue weighted by Gasteiger charge is -2.02. The van der Waals surface area contributed by atoms with E-state index in [1.54, 1.807) is 18.2 Å². The Kier molecular flexibility index (Phi) is 3.55. The van der Waals surface area contributed by atoms with Crippen LogP contribution in [0.3, 0.4) is 0 Å². The summed E-state index contributed by atoms with van der Waals surface area (Å²) < 4.78 is 5.89. The van der Waals surface area contributed by atoms with Gasteiger partial charge in [0.05, 0.1) is 12.7 Å². The van der Waals surface area contributed by atoms with E-state index in [4.69, 9.17) is 9.84 Å². The first-order chi connectivity index (χ1) is 6.63. The van der Waals surface area contributed by atoms with Crippen LogP contribution in [0.25, 0.3) is 0 Å². The number of hydrogen-bond donors (Lipinski definition) is 1. The number of ether oxygens (including phenoxy) is 1. The van der Waals surface area contributed by atoms with Crippen LogP contribution in [-0.2, 0) is 4.79 Å². The standard InChI is InChI=1S/C10H7BrO3/c1-14-9-6-8(11)4-2-7(9)3-5-10(12)13/h2,4,6H,1H3,(H,12,13). The first kappa shape index (κ1) is 10.6. The van der Waals surface area contributed by atoms with E-state index in [2.05, 4.69) is 21.9 Å². The molecule has 0 aliphatic heterocycles. The fourth-order valence-electron chi connectivity index (χ4n) is 0.889. The highest BCUT2D eigenvalue weighted by Gasteiger charge is 2.00. The molecule has 4 heteroatoms. The molecule has 0 aromatic heterocycles. The van der Waals surface area contributed by atoms with Crippen molar-refractivity contribution in [3.05, 3.63) is 28.2 Å². The molecule has 72 valence electrons. The summed E-state index contributed by atoms with van der Waals surface area (Å²) in [6, 6.07) is 5.19. The fraction of sp³-hybridized carbons (Fsp3) is 0.100. The van der Waals surface area contributed by atoms with Crippen LogP contribution >= 0.6 is 15.9 Å². The van der Waals surface area contributed by atoms with Gasteiger partial charge in [0.2, 0.25) is 0 Å². The van der Waals surface area contributed by atoms with Crippen molar-refractivity contribution in [2.24, 2.45) is 0 Å². The maximum absolute atomic E-state index is 10.2. The molecule has 0 radical (unpaired) electrons. The van der Waals surface area contributed by atoms with Gasteiger partial charge in [-0.15, -0.1) is 0 Å². The fourth-order valence-corrected chi connectivity index (χ4v) is 1.23. The van der Waals surface area contributed by atoms with E-state index in [1.165, 1.54) is 7.11 Å². The number of halogens is 1. The van der Waals surface area contributed by atoms with Crippen LogP contribution < -0.4 is 4.74 Å². The van der Waals surface area contributed by atoms with E-state index >= 15 is 0 Å². The first-order valence-corrected chi connectivity index (χ1v) is 4.51. The van der Waals surface area contributed by atoms with Crippen LogP contribution in [0.1, 0.15) is 5.56 Å². The van der Waals surface area contributed by atoms with Crippen LogP contribution in [0.4, 0.5) is 0 Å². The molecule has 1 N–H and O–H groups in total. The zero-order chi connectivity index (χ0) is 10.6. The highest BCUT2D eigenvalue weighted by Crippen LogP contribution is 2.22. The number of rotatable bonds is 1. The summed E-state index contributed by atoms with van der Waals surface area (Å²) in [4.78, 5) is 10.2. The van der Waals surface area contributed by atoms with Gasteiger partial charge in [-0.1, -0.05) is 21.9 Å². The summed E-state index contributed by atoms with van der Waals surface area (Å²) >= 11 is 3.27. The predicted octanol–water partition coefficient (Wildman–Crippen LogP) is 1.89. The smallest absolute Gasteiger partial charge is 0.382 e. The molecule has 0 aliphatic carbocycles. The quantitative estimate of drug-likeness (QED) is 0.779. The maximum Gasteiger partial charge on any atom is 0.382 e. The molecule has 14 heavy (non-hydrogen) atoms. The van der Waals surface area contributed by atoms with Gasteiger partial charge >= 0.3 is 5.97 Å². The molecule has 0 unspecified atom stereocenters. The molecule has 3 nitrogen and oxygen atoms in total. The Balaban J connectivity index is 3.10. The summed E-state index contributed by atoms with van der Waals surface area (Å²) in [5.41, 5.74) is 0.554. The number of hydrogen-bond acceptors (Lipinski definition) is 2. The van der Waals surface area contributed by atoms with E-state index in [9.17, 15) is 4.79 Å². The van der Waals surface area contributed by atoms with Gasteiger partial charge in [0.1, 0.15) is 5.75 Å². The molecule has 0 fully saturated rings. The third kappa shape index (κ3) is 2.79. The normalized spacial score (nSPS) is 8.71. The summed E-state index contributed by atoms with van der Waals surface area (Å²) in [5.74, 6) is 3.91. The van der Waals surface area contributed by atoms with Crippen LogP contribution in [0.2, 0.25) is 0 Å². The van der Waals surface area contributed by atoms with Crippen molar-refractivity contribution >= 4 is 21.9 Å². The molecule has 1 rings (SSSR count). The van der Waals surface area contributed by atoms with Crippen molar-refractivity contribution in [1.29, 1.82) is 0 Å². The number of benzene rings is 1. The van der Waals surface area contributed by atoms with Crippen LogP contribution in [0.5, 0.6) is 5.75 Å². The molecule has 0 heterocycles. The Morgan fingerprint density at radius 3 is 2.86 bits per heavy atom. The molecule has 0 saturated heterocycles. The zero-order valence-electron chi connectivity index (χ0n) is 7.37.